The summed E-state index contributed by atoms with van der Waals surface area (Å²) in [5.41, 5.74) is 0. The number of nitrogens with zero attached hydrogens (tertiary/aromatic N) is 3. The van der Waals surface area contributed by atoms with Crippen LogP contribution in [0.25, 0.3) is 0 Å². The lowest BCUT2D eigenvalue weighted by molar-refractivity contribution is -0.149. The topological polar surface area (TPSA) is 93.5 Å². The van der Waals surface area contributed by atoms with Gasteiger partial charge in [-0.25, -0.2) is 18.1 Å². The van der Waals surface area contributed by atoms with Crippen LogP contribution in [-0.4, -0.2) is 61.1 Å². The molecule has 0 aromatic carbocycles. The Morgan fingerprint density at radius 1 is 1.50 bits per heavy atom. The third-order valence-electron chi connectivity index (χ3n) is 3.26. The Balaban J connectivity index is 1.92. The monoisotopic (exact) mass is 330 g/mol. The van der Waals surface area contributed by atoms with Gasteiger partial charge in [-0.3, -0.25) is 4.79 Å². The smallest absolute Gasteiger partial charge is 0.259 e. The van der Waals surface area contributed by atoms with Gasteiger partial charge >= 0.3 is 0 Å². The molecule has 124 valence electrons. The Labute approximate surface area is 130 Å². The Morgan fingerprint density at radius 2 is 2.23 bits per heavy atom. The maximum Gasteiger partial charge on any atom is 0.259 e. The molecule has 8 nitrogen and oxygen atoms in total. The van der Waals surface area contributed by atoms with E-state index in [1.165, 1.54) is 12.5 Å². The van der Waals surface area contributed by atoms with Crippen molar-refractivity contribution in [1.82, 2.24) is 19.2 Å². The highest BCUT2D eigenvalue weighted by Gasteiger charge is 2.28. The molecule has 1 unspecified atom stereocenters. The Hall–Kier alpha value is -1.45. The largest absolute Gasteiger partial charge is 0.365 e. The van der Waals surface area contributed by atoms with Gasteiger partial charge in [0.2, 0.25) is 5.91 Å². The van der Waals surface area contributed by atoms with Gasteiger partial charge in [-0.15, -0.1) is 0 Å². The zero-order chi connectivity index (χ0) is 16.3. The van der Waals surface area contributed by atoms with Crippen LogP contribution < -0.4 is 4.72 Å². The van der Waals surface area contributed by atoms with E-state index in [0.29, 0.717) is 19.0 Å². The lowest BCUT2D eigenvalue weighted by atomic mass is 10.2. The van der Waals surface area contributed by atoms with Crippen molar-refractivity contribution in [2.24, 2.45) is 13.0 Å². The minimum absolute atomic E-state index is 0.0112. The van der Waals surface area contributed by atoms with Gasteiger partial charge in [0.1, 0.15) is 6.61 Å². The average molecular weight is 330 g/mol. The summed E-state index contributed by atoms with van der Waals surface area (Å²) in [7, 11) is -1.96. The van der Waals surface area contributed by atoms with Gasteiger partial charge in [0.25, 0.3) is 10.0 Å². The minimum atomic E-state index is -3.66. The zero-order valence-electron chi connectivity index (χ0n) is 13.0. The van der Waals surface area contributed by atoms with Crippen LogP contribution in [0.4, 0.5) is 0 Å². The fourth-order valence-corrected chi connectivity index (χ4v) is 3.27. The number of sulfonamides is 1. The van der Waals surface area contributed by atoms with Crippen molar-refractivity contribution >= 4 is 15.9 Å². The number of hydrogen-bond acceptors (Lipinski definition) is 5. The molecule has 1 atom stereocenters. The first kappa shape index (κ1) is 16.9. The lowest BCUT2D eigenvalue weighted by Gasteiger charge is -2.33. The zero-order valence-corrected chi connectivity index (χ0v) is 13.8. The number of rotatable bonds is 6. The van der Waals surface area contributed by atoms with Gasteiger partial charge in [0.15, 0.2) is 5.03 Å². The Kier molecular flexibility index (Phi) is 5.20. The molecule has 1 aliphatic heterocycles. The molecule has 1 fully saturated rings. The van der Waals surface area contributed by atoms with E-state index >= 15 is 0 Å². The molecule has 0 spiro atoms. The van der Waals surface area contributed by atoms with Crippen molar-refractivity contribution in [3.63, 3.8) is 0 Å². The van der Waals surface area contributed by atoms with E-state index < -0.39 is 10.0 Å². The van der Waals surface area contributed by atoms with Crippen LogP contribution in [0.2, 0.25) is 0 Å². The van der Waals surface area contributed by atoms with Crippen LogP contribution in [0, 0.1) is 5.92 Å². The SMILES string of the molecule is CC(C)CN1CC(CNS(=O)(=O)c2cn(C)cn2)OCC1=O. The normalized spacial score (nSPS) is 19.9. The van der Waals surface area contributed by atoms with E-state index in [9.17, 15) is 13.2 Å². The molecular formula is C13H22N4O4S. The highest BCUT2D eigenvalue weighted by atomic mass is 32.2. The summed E-state index contributed by atoms with van der Waals surface area (Å²) < 4.78 is 33.6. The van der Waals surface area contributed by atoms with Crippen LogP contribution in [0.5, 0.6) is 0 Å². The Morgan fingerprint density at radius 3 is 2.82 bits per heavy atom. The predicted molar refractivity (Wildman–Crippen MR) is 79.6 cm³/mol. The summed E-state index contributed by atoms with van der Waals surface area (Å²) in [6.45, 7) is 5.19. The van der Waals surface area contributed by atoms with Gasteiger partial charge in [-0.05, 0) is 5.92 Å². The third-order valence-corrected chi connectivity index (χ3v) is 4.57. The molecule has 9 heteroatoms. The molecular weight excluding hydrogens is 308 g/mol. The molecule has 1 aliphatic rings. The number of morpholine rings is 1. The van der Waals surface area contributed by atoms with Crippen molar-refractivity contribution in [2.75, 3.05) is 26.2 Å². The number of nitrogens with one attached hydrogen (secondary N) is 1. The molecule has 0 aliphatic carbocycles. The van der Waals surface area contributed by atoms with Gasteiger partial charge in [-0.1, -0.05) is 13.8 Å². The number of amides is 1. The molecule has 2 rings (SSSR count). The van der Waals surface area contributed by atoms with Gasteiger partial charge < -0.3 is 14.2 Å². The van der Waals surface area contributed by atoms with Crippen LogP contribution in [0.1, 0.15) is 13.8 Å². The van der Waals surface area contributed by atoms with Gasteiger partial charge in [0.05, 0.1) is 12.4 Å². The van der Waals surface area contributed by atoms with Gasteiger partial charge in [-0.2, -0.15) is 0 Å². The van der Waals surface area contributed by atoms with E-state index in [-0.39, 0.29) is 30.2 Å². The first-order valence-corrected chi connectivity index (χ1v) is 8.63. The first-order valence-electron chi connectivity index (χ1n) is 7.15. The summed E-state index contributed by atoms with van der Waals surface area (Å²) in [4.78, 5) is 17.3. The number of hydrogen-bond donors (Lipinski definition) is 1. The van der Waals surface area contributed by atoms with Crippen LogP contribution in [0.3, 0.4) is 0 Å². The van der Waals surface area contributed by atoms with Crippen molar-refractivity contribution in [2.45, 2.75) is 25.0 Å². The van der Waals surface area contributed by atoms with Crippen molar-refractivity contribution < 1.29 is 17.9 Å². The lowest BCUT2D eigenvalue weighted by Crippen LogP contribution is -2.51. The quantitative estimate of drug-likeness (QED) is 0.765. The highest BCUT2D eigenvalue weighted by Crippen LogP contribution is 2.10. The van der Waals surface area contributed by atoms with Crippen molar-refractivity contribution in [1.29, 1.82) is 0 Å². The summed E-state index contributed by atoms with van der Waals surface area (Å²) in [6, 6.07) is 0. The molecule has 0 bridgehead atoms. The fourth-order valence-electron chi connectivity index (χ4n) is 2.23. The summed E-state index contributed by atoms with van der Waals surface area (Å²) in [5, 5.41) is -0.0269. The number of ether oxygens (including phenoxy) is 1. The van der Waals surface area contributed by atoms with Crippen molar-refractivity contribution in [3.05, 3.63) is 12.5 Å². The maximum absolute atomic E-state index is 12.1. The summed E-state index contributed by atoms with van der Waals surface area (Å²) >= 11 is 0. The molecule has 0 radical (unpaired) electrons. The second-order valence-electron chi connectivity index (χ2n) is 5.85. The van der Waals surface area contributed by atoms with E-state index in [1.54, 1.807) is 16.5 Å². The predicted octanol–water partition coefficient (Wildman–Crippen LogP) is -0.418. The highest BCUT2D eigenvalue weighted by molar-refractivity contribution is 7.89. The van der Waals surface area contributed by atoms with Gasteiger partial charge in [0, 0.05) is 32.9 Å². The van der Waals surface area contributed by atoms with E-state index in [2.05, 4.69) is 9.71 Å². The number of imidazole rings is 1. The Bertz CT molecular complexity index is 626. The van der Waals surface area contributed by atoms with Crippen LogP contribution in [-0.2, 0) is 26.6 Å². The number of carbonyl (C=O) groups is 1. The molecule has 0 saturated carbocycles. The second-order valence-corrected chi connectivity index (χ2v) is 7.57. The summed E-state index contributed by atoms with van der Waals surface area (Å²) in [6.07, 6.45) is 2.50. The second kappa shape index (κ2) is 6.76. The maximum atomic E-state index is 12.1. The van der Waals surface area contributed by atoms with E-state index in [4.69, 9.17) is 4.74 Å². The average Bonchev–Trinajstić information content (AvgIpc) is 2.87. The molecule has 22 heavy (non-hydrogen) atoms. The number of carbonyl (C=O) groups excluding carboxylic acids is 1. The fraction of sp³-hybridized carbons (Fsp3) is 0.692. The van der Waals surface area contributed by atoms with Crippen LogP contribution in [0.15, 0.2) is 17.6 Å². The van der Waals surface area contributed by atoms with E-state index in [1.807, 2.05) is 13.8 Å². The van der Waals surface area contributed by atoms with Crippen molar-refractivity contribution in [3.8, 4) is 0 Å². The summed E-state index contributed by atoms with van der Waals surface area (Å²) in [5.74, 6) is 0.297. The molecule has 1 N–H and O–H groups in total. The molecule has 2 heterocycles. The molecule has 1 saturated heterocycles. The number of aromatic nitrogens is 2. The molecule has 1 aromatic rings. The minimum Gasteiger partial charge on any atom is -0.365 e. The third kappa shape index (κ3) is 4.28. The standard InChI is InChI=1S/C13H22N4O4S/c1-10(2)5-17-6-11(21-8-13(17)18)4-15-22(19,20)12-7-16(3)9-14-12/h7,9-11,15H,4-6,8H2,1-3H3. The number of aryl methyl sites for hydroxylation is 1. The molecule has 1 amide bonds. The van der Waals surface area contributed by atoms with E-state index in [0.717, 1.165) is 0 Å². The molecule has 1 aromatic heterocycles. The first-order chi connectivity index (χ1) is 10.3. The van der Waals surface area contributed by atoms with Crippen LogP contribution >= 0.6 is 0 Å².